The first kappa shape index (κ1) is 29.8. The molecular weight excluding hydrogens is 570 g/mol. The van der Waals surface area contributed by atoms with Crippen molar-refractivity contribution in [1.29, 1.82) is 5.26 Å². The highest BCUT2D eigenvalue weighted by Crippen LogP contribution is 2.40. The maximum Gasteiger partial charge on any atom is 0.421 e. The SMILES string of the molecule is CCOc1cc(C(=O)O)cc2c1nc(CN1CCc3cc(C(F)(F)F)c(OCc4ccc(C#N)cc4F)nc3[C@@H]1C)n2C. The summed E-state index contributed by atoms with van der Waals surface area (Å²) in [4.78, 5) is 22.7. The molecular formula is C30H27F4N5O4. The monoisotopic (exact) mass is 597 g/mol. The van der Waals surface area contributed by atoms with Crippen LogP contribution < -0.4 is 9.47 Å². The van der Waals surface area contributed by atoms with Gasteiger partial charge in [-0.25, -0.2) is 19.2 Å². The third-order valence-electron chi connectivity index (χ3n) is 7.50. The van der Waals surface area contributed by atoms with Crippen molar-refractivity contribution in [3.8, 4) is 17.7 Å². The summed E-state index contributed by atoms with van der Waals surface area (Å²) >= 11 is 0. The standard InChI is InChI=1S/C30H27F4N5O4/c1-4-42-24-12-20(29(40)41)11-23-27(24)36-25(38(23)3)14-39-8-7-18-10-21(30(32,33)34)28(37-26(18)16(39)2)43-15-19-6-5-17(13-35)9-22(19)31/h5-6,9-12,16H,4,7-8,14-15H2,1-3H3,(H,40,41)/t16-/m0/s1. The van der Waals surface area contributed by atoms with Gasteiger partial charge in [0.15, 0.2) is 0 Å². The lowest BCUT2D eigenvalue weighted by Crippen LogP contribution is -2.35. The summed E-state index contributed by atoms with van der Waals surface area (Å²) in [5.74, 6) is -1.58. The number of pyridine rings is 1. The Labute approximate surface area is 243 Å². The Morgan fingerprint density at radius 3 is 2.60 bits per heavy atom. The highest BCUT2D eigenvalue weighted by molar-refractivity contribution is 5.95. The molecule has 0 bridgehead atoms. The second-order valence-electron chi connectivity index (χ2n) is 10.2. The van der Waals surface area contributed by atoms with Gasteiger partial charge >= 0.3 is 12.1 Å². The summed E-state index contributed by atoms with van der Waals surface area (Å²) in [6.07, 6.45) is -4.46. The minimum Gasteiger partial charge on any atom is -0.492 e. The quantitative estimate of drug-likeness (QED) is 0.254. The lowest BCUT2D eigenvalue weighted by Gasteiger charge is -2.34. The van der Waals surface area contributed by atoms with Gasteiger partial charge in [-0.1, -0.05) is 6.07 Å². The van der Waals surface area contributed by atoms with Crippen molar-refractivity contribution in [2.45, 2.75) is 45.6 Å². The average Bonchev–Trinajstić information content (AvgIpc) is 3.28. The summed E-state index contributed by atoms with van der Waals surface area (Å²) in [5, 5.41) is 18.5. The molecule has 224 valence electrons. The van der Waals surface area contributed by atoms with Crippen LogP contribution in [0.1, 0.15) is 64.0 Å². The lowest BCUT2D eigenvalue weighted by atomic mass is 9.97. The van der Waals surface area contributed by atoms with E-state index in [4.69, 9.17) is 19.7 Å². The summed E-state index contributed by atoms with van der Waals surface area (Å²) in [6, 6.07) is 8.99. The van der Waals surface area contributed by atoms with E-state index in [0.717, 1.165) is 12.1 Å². The first-order valence-corrected chi connectivity index (χ1v) is 13.4. The molecule has 0 spiro atoms. The van der Waals surface area contributed by atoms with Gasteiger partial charge in [-0.2, -0.15) is 18.4 Å². The predicted octanol–water partition coefficient (Wildman–Crippen LogP) is 5.79. The van der Waals surface area contributed by atoms with Crippen LogP contribution in [0.15, 0.2) is 36.4 Å². The van der Waals surface area contributed by atoms with E-state index < -0.39 is 42.1 Å². The van der Waals surface area contributed by atoms with Crippen molar-refractivity contribution in [2.75, 3.05) is 13.2 Å². The van der Waals surface area contributed by atoms with Gasteiger partial charge < -0.3 is 19.1 Å². The van der Waals surface area contributed by atoms with Crippen LogP contribution >= 0.6 is 0 Å². The molecule has 0 radical (unpaired) electrons. The van der Waals surface area contributed by atoms with Crippen molar-refractivity contribution in [3.05, 3.63) is 81.6 Å². The van der Waals surface area contributed by atoms with Gasteiger partial charge in [0.05, 0.1) is 47.6 Å². The molecule has 1 aliphatic heterocycles. The van der Waals surface area contributed by atoms with Crippen molar-refractivity contribution < 1.29 is 36.9 Å². The van der Waals surface area contributed by atoms with E-state index in [0.29, 0.717) is 53.6 Å². The first-order valence-electron chi connectivity index (χ1n) is 13.4. The predicted molar refractivity (Wildman–Crippen MR) is 146 cm³/mol. The van der Waals surface area contributed by atoms with Crippen LogP contribution in [0.3, 0.4) is 0 Å². The number of carboxylic acids is 1. The molecule has 0 unspecified atom stereocenters. The number of hydrogen-bond acceptors (Lipinski definition) is 7. The largest absolute Gasteiger partial charge is 0.492 e. The molecule has 0 saturated carbocycles. The molecule has 0 amide bonds. The first-order chi connectivity index (χ1) is 20.4. The molecule has 1 aliphatic rings. The van der Waals surface area contributed by atoms with Gasteiger partial charge in [-0.3, -0.25) is 4.90 Å². The van der Waals surface area contributed by atoms with Gasteiger partial charge in [0.2, 0.25) is 5.88 Å². The van der Waals surface area contributed by atoms with E-state index in [-0.39, 0.29) is 23.1 Å². The van der Waals surface area contributed by atoms with E-state index in [1.54, 1.807) is 24.6 Å². The molecule has 0 aliphatic carbocycles. The minimum absolute atomic E-state index is 0.0133. The second-order valence-corrected chi connectivity index (χ2v) is 10.2. The fourth-order valence-corrected chi connectivity index (χ4v) is 5.17. The van der Waals surface area contributed by atoms with Crippen molar-refractivity contribution in [3.63, 3.8) is 0 Å². The molecule has 4 aromatic rings. The number of aromatic carboxylic acids is 1. The maximum absolute atomic E-state index is 14.4. The lowest BCUT2D eigenvalue weighted by molar-refractivity contribution is -0.139. The van der Waals surface area contributed by atoms with Gasteiger partial charge in [0, 0.05) is 19.2 Å². The number of benzene rings is 2. The Morgan fingerprint density at radius 1 is 1.19 bits per heavy atom. The van der Waals surface area contributed by atoms with E-state index in [9.17, 15) is 27.5 Å². The molecule has 1 N–H and O–H groups in total. The molecule has 2 aromatic heterocycles. The highest BCUT2D eigenvalue weighted by Gasteiger charge is 2.38. The number of carbonyl (C=O) groups is 1. The summed E-state index contributed by atoms with van der Waals surface area (Å²) in [7, 11) is 1.76. The van der Waals surface area contributed by atoms with E-state index in [2.05, 4.69) is 4.98 Å². The number of alkyl halides is 3. The molecule has 43 heavy (non-hydrogen) atoms. The van der Waals surface area contributed by atoms with Crippen LogP contribution in [0.4, 0.5) is 17.6 Å². The van der Waals surface area contributed by atoms with Gasteiger partial charge in [0.1, 0.15) is 35.1 Å². The van der Waals surface area contributed by atoms with Crippen LogP contribution in [0.2, 0.25) is 0 Å². The number of aromatic nitrogens is 3. The highest BCUT2D eigenvalue weighted by atomic mass is 19.4. The number of hydrogen-bond donors (Lipinski definition) is 1. The Hall–Kier alpha value is -4.70. The van der Waals surface area contributed by atoms with Crippen LogP contribution in [0.25, 0.3) is 11.0 Å². The summed E-state index contributed by atoms with van der Waals surface area (Å²) in [5.41, 5.74) is 0.989. The van der Waals surface area contributed by atoms with E-state index in [1.807, 2.05) is 11.8 Å². The molecule has 0 saturated heterocycles. The van der Waals surface area contributed by atoms with Gasteiger partial charge in [-0.05, 0) is 56.2 Å². The van der Waals surface area contributed by atoms with Crippen LogP contribution in [0.5, 0.6) is 11.6 Å². The number of nitrogens with zero attached hydrogens (tertiary/aromatic N) is 5. The molecule has 2 aromatic carbocycles. The number of ether oxygens (including phenoxy) is 2. The number of rotatable bonds is 8. The Morgan fingerprint density at radius 2 is 1.95 bits per heavy atom. The van der Waals surface area contributed by atoms with Crippen LogP contribution in [-0.4, -0.2) is 43.7 Å². The molecule has 1 atom stereocenters. The Balaban J connectivity index is 1.45. The fraction of sp³-hybridized carbons (Fsp3) is 0.333. The molecule has 3 heterocycles. The zero-order valence-corrected chi connectivity index (χ0v) is 23.5. The summed E-state index contributed by atoms with van der Waals surface area (Å²) < 4.78 is 69.2. The van der Waals surface area contributed by atoms with E-state index >= 15 is 0 Å². The summed E-state index contributed by atoms with van der Waals surface area (Å²) in [6.45, 7) is 4.13. The van der Waals surface area contributed by atoms with Crippen molar-refractivity contribution in [1.82, 2.24) is 19.4 Å². The zero-order chi connectivity index (χ0) is 31.1. The van der Waals surface area contributed by atoms with Crippen LogP contribution in [-0.2, 0) is 32.8 Å². The smallest absolute Gasteiger partial charge is 0.421 e. The third-order valence-corrected chi connectivity index (χ3v) is 7.50. The maximum atomic E-state index is 14.4. The van der Waals surface area contributed by atoms with Crippen molar-refractivity contribution >= 4 is 17.0 Å². The Kier molecular flexibility index (Phi) is 7.98. The average molecular weight is 598 g/mol. The minimum atomic E-state index is -4.75. The topological polar surface area (TPSA) is 114 Å². The van der Waals surface area contributed by atoms with Gasteiger partial charge in [-0.15, -0.1) is 0 Å². The number of imidazole rings is 1. The number of fused-ring (bicyclic) bond motifs is 2. The van der Waals surface area contributed by atoms with E-state index in [1.165, 1.54) is 24.3 Å². The third kappa shape index (κ3) is 5.83. The van der Waals surface area contributed by atoms with Crippen LogP contribution in [0, 0.1) is 17.1 Å². The fourth-order valence-electron chi connectivity index (χ4n) is 5.17. The molecule has 0 fully saturated rings. The number of aryl methyl sites for hydroxylation is 1. The number of halogens is 4. The normalized spacial score (nSPS) is 15.3. The van der Waals surface area contributed by atoms with Crippen molar-refractivity contribution in [2.24, 2.45) is 7.05 Å². The molecule has 9 nitrogen and oxygen atoms in total. The molecule has 13 heteroatoms. The number of nitriles is 1. The second kappa shape index (κ2) is 11.5. The van der Waals surface area contributed by atoms with Gasteiger partial charge in [0.25, 0.3) is 0 Å². The Bertz CT molecular complexity index is 1760. The zero-order valence-electron chi connectivity index (χ0n) is 23.5. The molecule has 5 rings (SSSR count). The number of carboxylic acid groups (broad SMARTS) is 1.